The van der Waals surface area contributed by atoms with Gasteiger partial charge in [-0.1, -0.05) is 60.3 Å². The van der Waals surface area contributed by atoms with Gasteiger partial charge in [0.2, 0.25) is 0 Å². The van der Waals surface area contributed by atoms with Gasteiger partial charge >= 0.3 is 0 Å². The fraction of sp³-hybridized carbons (Fsp3) is 0.143. The molecule has 3 heteroatoms. The molecule has 0 radical (unpaired) electrons. The SMILES string of the molecule is CN1c2ccccc2CP1(=S)c1ccccc1. The Balaban J connectivity index is 2.12. The molecule has 0 bridgehead atoms. The van der Waals surface area contributed by atoms with Gasteiger partial charge in [0, 0.05) is 24.2 Å². The molecular weight excluding hydrogens is 245 g/mol. The van der Waals surface area contributed by atoms with Crippen molar-refractivity contribution in [2.75, 3.05) is 11.7 Å². The van der Waals surface area contributed by atoms with Crippen LogP contribution < -0.4 is 9.97 Å². The predicted molar refractivity (Wildman–Crippen MR) is 78.9 cm³/mol. The van der Waals surface area contributed by atoms with Crippen molar-refractivity contribution in [2.45, 2.75) is 6.16 Å². The lowest BCUT2D eigenvalue weighted by atomic mass is 10.2. The van der Waals surface area contributed by atoms with E-state index in [1.54, 1.807) is 0 Å². The van der Waals surface area contributed by atoms with Gasteiger partial charge in [0.15, 0.2) is 0 Å². The van der Waals surface area contributed by atoms with E-state index in [9.17, 15) is 0 Å². The molecule has 0 fully saturated rings. The second-order valence-electron chi connectivity index (χ2n) is 4.35. The monoisotopic (exact) mass is 259 g/mol. The maximum atomic E-state index is 6.00. The van der Waals surface area contributed by atoms with Crippen molar-refractivity contribution in [1.29, 1.82) is 0 Å². The zero-order valence-electron chi connectivity index (χ0n) is 9.71. The van der Waals surface area contributed by atoms with Crippen LogP contribution in [-0.2, 0) is 18.0 Å². The Morgan fingerprint density at radius 3 is 2.35 bits per heavy atom. The van der Waals surface area contributed by atoms with Crippen LogP contribution in [0.25, 0.3) is 0 Å². The fourth-order valence-corrected chi connectivity index (χ4v) is 6.09. The van der Waals surface area contributed by atoms with E-state index in [0.717, 1.165) is 6.16 Å². The fourth-order valence-electron chi connectivity index (χ4n) is 2.40. The van der Waals surface area contributed by atoms with Crippen molar-refractivity contribution < 1.29 is 0 Å². The molecule has 0 saturated carbocycles. The van der Waals surface area contributed by atoms with Gasteiger partial charge < -0.3 is 4.67 Å². The van der Waals surface area contributed by atoms with Crippen LogP contribution >= 0.6 is 6.19 Å². The van der Waals surface area contributed by atoms with Crippen molar-refractivity contribution in [3.05, 3.63) is 60.2 Å². The first kappa shape index (κ1) is 11.0. The number of nitrogens with zero attached hydrogens (tertiary/aromatic N) is 1. The van der Waals surface area contributed by atoms with Crippen molar-refractivity contribution in [2.24, 2.45) is 0 Å². The lowest BCUT2D eigenvalue weighted by Crippen LogP contribution is -2.17. The third-order valence-electron chi connectivity index (χ3n) is 3.37. The van der Waals surface area contributed by atoms with Crippen LogP contribution in [-0.4, -0.2) is 7.05 Å². The number of benzene rings is 2. The first-order valence-electron chi connectivity index (χ1n) is 5.68. The molecule has 0 amide bonds. The van der Waals surface area contributed by atoms with Gasteiger partial charge in [0.1, 0.15) is 0 Å². The van der Waals surface area contributed by atoms with Gasteiger partial charge in [0.05, 0.1) is 6.19 Å². The number of rotatable bonds is 1. The molecule has 1 nitrogen and oxygen atoms in total. The molecule has 1 aliphatic heterocycles. The van der Waals surface area contributed by atoms with Crippen LogP contribution in [0.4, 0.5) is 5.69 Å². The van der Waals surface area contributed by atoms with E-state index >= 15 is 0 Å². The number of fused-ring (bicyclic) bond motifs is 1. The van der Waals surface area contributed by atoms with Gasteiger partial charge in [-0.3, -0.25) is 0 Å². The Labute approximate surface area is 107 Å². The Morgan fingerprint density at radius 2 is 1.65 bits per heavy atom. The lowest BCUT2D eigenvalue weighted by Gasteiger charge is -2.27. The summed E-state index contributed by atoms with van der Waals surface area (Å²) in [6.45, 7) is 0. The highest BCUT2D eigenvalue weighted by molar-refractivity contribution is 8.18. The molecule has 0 saturated heterocycles. The molecule has 1 heterocycles. The molecule has 1 aliphatic rings. The molecule has 3 rings (SSSR count). The summed E-state index contributed by atoms with van der Waals surface area (Å²) >= 11 is 6.00. The number of anilines is 1. The second kappa shape index (κ2) is 3.97. The van der Waals surface area contributed by atoms with Crippen LogP contribution in [0.2, 0.25) is 0 Å². The molecule has 86 valence electrons. The number of hydrogen-bond acceptors (Lipinski definition) is 1. The van der Waals surface area contributed by atoms with Gasteiger partial charge in [-0.15, -0.1) is 0 Å². The highest BCUT2D eigenvalue weighted by Gasteiger charge is 2.33. The van der Waals surface area contributed by atoms with Gasteiger partial charge in [-0.25, -0.2) is 0 Å². The molecule has 0 N–H and O–H groups in total. The first-order valence-corrected chi connectivity index (χ1v) is 8.63. The van der Waals surface area contributed by atoms with Crippen molar-refractivity contribution in [3.63, 3.8) is 0 Å². The Morgan fingerprint density at radius 1 is 1.00 bits per heavy atom. The zero-order chi connectivity index (χ0) is 11.9. The molecule has 0 spiro atoms. The third kappa shape index (κ3) is 1.64. The molecule has 1 unspecified atom stereocenters. The average molecular weight is 259 g/mol. The largest absolute Gasteiger partial charge is 0.343 e. The third-order valence-corrected chi connectivity index (χ3v) is 8.18. The van der Waals surface area contributed by atoms with Gasteiger partial charge in [-0.05, 0) is 11.6 Å². The van der Waals surface area contributed by atoms with Crippen LogP contribution in [0.3, 0.4) is 0 Å². The molecule has 1 atom stereocenters. The minimum atomic E-state index is -1.63. The minimum Gasteiger partial charge on any atom is -0.343 e. The summed E-state index contributed by atoms with van der Waals surface area (Å²) in [4.78, 5) is 0. The quantitative estimate of drug-likeness (QED) is 0.722. The van der Waals surface area contributed by atoms with Crippen molar-refractivity contribution >= 4 is 29.0 Å². The molecule has 0 aliphatic carbocycles. The average Bonchev–Trinajstić information content (AvgIpc) is 2.65. The smallest absolute Gasteiger partial charge is 0.0687 e. The van der Waals surface area contributed by atoms with E-state index in [1.165, 1.54) is 16.6 Å². The maximum absolute atomic E-state index is 6.00. The van der Waals surface area contributed by atoms with Crippen LogP contribution in [0, 0.1) is 0 Å². The van der Waals surface area contributed by atoms with E-state index in [1.807, 2.05) is 6.07 Å². The summed E-state index contributed by atoms with van der Waals surface area (Å²) in [5.41, 5.74) is 2.70. The van der Waals surface area contributed by atoms with Crippen molar-refractivity contribution in [3.8, 4) is 0 Å². The molecule has 17 heavy (non-hydrogen) atoms. The van der Waals surface area contributed by atoms with Crippen LogP contribution in [0.1, 0.15) is 5.56 Å². The summed E-state index contributed by atoms with van der Waals surface area (Å²) in [7, 11) is 2.14. The van der Waals surface area contributed by atoms with Gasteiger partial charge in [-0.2, -0.15) is 0 Å². The number of hydrogen-bond donors (Lipinski definition) is 0. The molecule has 0 aromatic heterocycles. The standard InChI is InChI=1S/C14H14NPS/c1-15-14-10-6-5-7-12(14)11-16(15,17)13-8-3-2-4-9-13/h2-10H,11H2,1H3. The van der Waals surface area contributed by atoms with E-state index in [4.69, 9.17) is 11.8 Å². The van der Waals surface area contributed by atoms with E-state index in [0.29, 0.717) is 0 Å². The van der Waals surface area contributed by atoms with Crippen LogP contribution in [0.15, 0.2) is 54.6 Å². The summed E-state index contributed by atoms with van der Waals surface area (Å²) in [5.74, 6) is 0. The minimum absolute atomic E-state index is 1.01. The normalized spacial score (nSPS) is 22.5. The highest BCUT2D eigenvalue weighted by atomic mass is 32.4. The zero-order valence-corrected chi connectivity index (χ0v) is 11.4. The Hall–Kier alpha value is -1.11. The van der Waals surface area contributed by atoms with E-state index in [-0.39, 0.29) is 0 Å². The molecular formula is C14H14NPS. The maximum Gasteiger partial charge on any atom is 0.0687 e. The van der Waals surface area contributed by atoms with Gasteiger partial charge in [0.25, 0.3) is 0 Å². The first-order chi connectivity index (χ1) is 8.22. The topological polar surface area (TPSA) is 3.24 Å². The summed E-state index contributed by atoms with van der Waals surface area (Å²) < 4.78 is 2.33. The summed E-state index contributed by atoms with van der Waals surface area (Å²) in [5, 5.41) is 1.31. The van der Waals surface area contributed by atoms with Crippen molar-refractivity contribution in [1.82, 2.24) is 0 Å². The predicted octanol–water partition coefficient (Wildman–Crippen LogP) is 3.36. The van der Waals surface area contributed by atoms with E-state index in [2.05, 4.69) is 60.2 Å². The molecule has 2 aromatic rings. The van der Waals surface area contributed by atoms with E-state index < -0.39 is 6.19 Å². The summed E-state index contributed by atoms with van der Waals surface area (Å²) in [6.07, 6.45) is -0.616. The van der Waals surface area contributed by atoms with Crippen LogP contribution in [0.5, 0.6) is 0 Å². The highest BCUT2D eigenvalue weighted by Crippen LogP contribution is 2.59. The second-order valence-corrected chi connectivity index (χ2v) is 9.00. The Bertz CT molecular complexity index is 594. The molecule has 2 aromatic carbocycles. The summed E-state index contributed by atoms with van der Waals surface area (Å²) in [6, 6.07) is 19.1. The lowest BCUT2D eigenvalue weighted by molar-refractivity contribution is 1.35. The number of para-hydroxylation sites is 1. The Kier molecular flexibility index (Phi) is 2.57.